The first-order chi connectivity index (χ1) is 11.0. The van der Waals surface area contributed by atoms with Crippen LogP contribution in [0.15, 0.2) is 24.4 Å². The number of carbonyl (C=O) groups excluding carboxylic acids is 1. The molecule has 1 aliphatic rings. The molecule has 0 unspecified atom stereocenters. The van der Waals surface area contributed by atoms with Crippen molar-refractivity contribution < 1.29 is 9.53 Å². The second kappa shape index (κ2) is 6.20. The molecule has 124 valence electrons. The molecule has 6 heteroatoms. The van der Waals surface area contributed by atoms with Crippen LogP contribution in [0.1, 0.15) is 27.2 Å². The molecule has 0 aliphatic carbocycles. The molecule has 1 aromatic heterocycles. The third-order valence-corrected chi connectivity index (χ3v) is 4.57. The maximum atomic E-state index is 12.5. The number of hydrogen-bond acceptors (Lipinski definition) is 3. The highest BCUT2D eigenvalue weighted by molar-refractivity contribution is 5.92. The van der Waals surface area contributed by atoms with E-state index in [9.17, 15) is 4.79 Å². The van der Waals surface area contributed by atoms with Crippen molar-refractivity contribution in [1.82, 2.24) is 14.7 Å². The summed E-state index contributed by atoms with van der Waals surface area (Å²) in [4.78, 5) is 14.4. The number of aromatic nitrogens is 2. The Morgan fingerprint density at radius 1 is 1.43 bits per heavy atom. The smallest absolute Gasteiger partial charge is 0.322 e. The van der Waals surface area contributed by atoms with E-state index in [4.69, 9.17) is 4.74 Å². The fourth-order valence-electron chi connectivity index (χ4n) is 2.92. The molecule has 2 amide bonds. The van der Waals surface area contributed by atoms with Crippen LogP contribution in [0.2, 0.25) is 0 Å². The molecule has 0 radical (unpaired) electrons. The van der Waals surface area contributed by atoms with Crippen LogP contribution in [0.3, 0.4) is 0 Å². The lowest BCUT2D eigenvalue weighted by molar-refractivity contribution is -0.0860. The fraction of sp³-hybridized carbons (Fsp3) is 0.529. The summed E-state index contributed by atoms with van der Waals surface area (Å²) in [6.45, 7) is 8.82. The molecule has 1 atom stereocenters. The summed E-state index contributed by atoms with van der Waals surface area (Å²) in [6.07, 6.45) is 2.73. The molecular weight excluding hydrogens is 292 g/mol. The Bertz CT molecular complexity index is 712. The number of rotatable bonds is 3. The van der Waals surface area contributed by atoms with Crippen molar-refractivity contribution in [3.05, 3.63) is 24.4 Å². The van der Waals surface area contributed by atoms with E-state index in [0.29, 0.717) is 19.7 Å². The number of benzene rings is 1. The van der Waals surface area contributed by atoms with E-state index in [2.05, 4.69) is 31.2 Å². The lowest BCUT2D eigenvalue weighted by atomic mass is 10.0. The van der Waals surface area contributed by atoms with Crippen LogP contribution in [0.25, 0.3) is 10.9 Å². The van der Waals surface area contributed by atoms with Gasteiger partial charge in [0.05, 0.1) is 30.5 Å². The maximum Gasteiger partial charge on any atom is 0.322 e. The first-order valence-corrected chi connectivity index (χ1v) is 8.20. The van der Waals surface area contributed by atoms with Crippen LogP contribution in [0, 0.1) is 0 Å². The second-order valence-electron chi connectivity index (χ2n) is 6.24. The molecule has 2 heterocycles. The molecule has 1 saturated heterocycles. The zero-order valence-electron chi connectivity index (χ0n) is 14.0. The number of carbonyl (C=O) groups is 1. The van der Waals surface area contributed by atoms with Crippen LogP contribution < -0.4 is 5.32 Å². The van der Waals surface area contributed by atoms with Crippen molar-refractivity contribution in [2.75, 3.05) is 25.0 Å². The van der Waals surface area contributed by atoms with Gasteiger partial charge >= 0.3 is 6.03 Å². The Balaban J connectivity index is 1.74. The molecule has 6 nitrogen and oxygen atoms in total. The molecule has 1 fully saturated rings. The Morgan fingerprint density at radius 2 is 2.26 bits per heavy atom. The van der Waals surface area contributed by atoms with E-state index in [-0.39, 0.29) is 11.6 Å². The Kier molecular flexibility index (Phi) is 4.26. The van der Waals surface area contributed by atoms with Crippen molar-refractivity contribution in [1.29, 1.82) is 0 Å². The molecule has 1 N–H and O–H groups in total. The summed E-state index contributed by atoms with van der Waals surface area (Å²) in [7, 11) is 0. The normalized spacial score (nSPS) is 21.6. The van der Waals surface area contributed by atoms with Crippen molar-refractivity contribution in [2.45, 2.75) is 39.3 Å². The predicted molar refractivity (Wildman–Crippen MR) is 90.6 cm³/mol. The minimum absolute atomic E-state index is 0.0742. The van der Waals surface area contributed by atoms with Gasteiger partial charge in [-0.05, 0) is 38.5 Å². The number of nitrogens with zero attached hydrogens (tertiary/aromatic N) is 3. The third-order valence-electron chi connectivity index (χ3n) is 4.57. The summed E-state index contributed by atoms with van der Waals surface area (Å²) in [5.41, 5.74) is 1.58. The van der Waals surface area contributed by atoms with Crippen LogP contribution in [-0.2, 0) is 11.3 Å². The molecule has 0 spiro atoms. The van der Waals surface area contributed by atoms with Gasteiger partial charge in [-0.2, -0.15) is 5.10 Å². The van der Waals surface area contributed by atoms with Gasteiger partial charge in [-0.15, -0.1) is 0 Å². The van der Waals surface area contributed by atoms with Gasteiger partial charge in [0.25, 0.3) is 0 Å². The van der Waals surface area contributed by atoms with Crippen molar-refractivity contribution in [3.63, 3.8) is 0 Å². The number of amides is 2. The number of morpholine rings is 1. The zero-order valence-corrected chi connectivity index (χ0v) is 14.0. The van der Waals surface area contributed by atoms with Crippen molar-refractivity contribution in [2.24, 2.45) is 0 Å². The first kappa shape index (κ1) is 15.8. The Labute approximate surface area is 136 Å². The number of nitrogens with one attached hydrogen (secondary N) is 1. The van der Waals surface area contributed by atoms with Crippen LogP contribution >= 0.6 is 0 Å². The molecular formula is C17H24N4O2. The number of urea groups is 1. The summed E-state index contributed by atoms with van der Waals surface area (Å²) >= 11 is 0. The molecule has 0 saturated carbocycles. The SMILES string of the molecule is CCn1ncc2ccc(NC(=O)N3CCO[C@@](C)(CC)C3)cc21. The monoisotopic (exact) mass is 316 g/mol. The topological polar surface area (TPSA) is 59.4 Å². The molecule has 2 aromatic rings. The lowest BCUT2D eigenvalue weighted by Crippen LogP contribution is -2.53. The third kappa shape index (κ3) is 3.17. The molecule has 23 heavy (non-hydrogen) atoms. The highest BCUT2D eigenvalue weighted by atomic mass is 16.5. The zero-order chi connectivity index (χ0) is 16.4. The minimum atomic E-state index is -0.250. The minimum Gasteiger partial charge on any atom is -0.372 e. The number of aryl methyl sites for hydroxylation is 1. The highest BCUT2D eigenvalue weighted by Gasteiger charge is 2.32. The standard InChI is InChI=1S/C17H24N4O2/c1-4-17(3)12-20(8-9-23-17)16(22)19-14-7-6-13-11-18-21(5-2)15(13)10-14/h6-7,10-11H,4-5,8-9,12H2,1-3H3,(H,19,22)/t17-/m0/s1. The molecule has 0 bridgehead atoms. The number of ether oxygens (including phenoxy) is 1. The largest absolute Gasteiger partial charge is 0.372 e. The van der Waals surface area contributed by atoms with E-state index < -0.39 is 0 Å². The van der Waals surface area contributed by atoms with E-state index in [1.165, 1.54) is 0 Å². The summed E-state index contributed by atoms with van der Waals surface area (Å²) < 4.78 is 7.71. The van der Waals surface area contributed by atoms with Crippen molar-refractivity contribution >= 4 is 22.6 Å². The van der Waals surface area contributed by atoms with Crippen LogP contribution in [0.4, 0.5) is 10.5 Å². The average Bonchev–Trinajstić information content (AvgIpc) is 2.97. The van der Waals surface area contributed by atoms with Gasteiger partial charge in [0.1, 0.15) is 0 Å². The van der Waals surface area contributed by atoms with E-state index in [0.717, 1.165) is 29.6 Å². The Hall–Kier alpha value is -2.08. The number of anilines is 1. The molecule has 1 aromatic carbocycles. The van der Waals surface area contributed by atoms with E-state index >= 15 is 0 Å². The lowest BCUT2D eigenvalue weighted by Gasteiger charge is -2.39. The fourth-order valence-corrected chi connectivity index (χ4v) is 2.92. The van der Waals surface area contributed by atoms with Gasteiger partial charge in [0.2, 0.25) is 0 Å². The van der Waals surface area contributed by atoms with Gasteiger partial charge in [-0.1, -0.05) is 6.92 Å². The van der Waals surface area contributed by atoms with Crippen LogP contribution in [-0.4, -0.2) is 46.0 Å². The second-order valence-corrected chi connectivity index (χ2v) is 6.24. The summed E-state index contributed by atoms with van der Waals surface area (Å²) in [5, 5.41) is 8.41. The number of hydrogen-bond donors (Lipinski definition) is 1. The first-order valence-electron chi connectivity index (χ1n) is 8.20. The quantitative estimate of drug-likeness (QED) is 0.946. The van der Waals surface area contributed by atoms with Crippen LogP contribution in [0.5, 0.6) is 0 Å². The average molecular weight is 316 g/mol. The summed E-state index contributed by atoms with van der Waals surface area (Å²) in [6, 6.07) is 5.80. The predicted octanol–water partition coefficient (Wildman–Crippen LogP) is 3.09. The van der Waals surface area contributed by atoms with E-state index in [1.807, 2.05) is 34.0 Å². The van der Waals surface area contributed by atoms with Gasteiger partial charge in [-0.25, -0.2) is 4.79 Å². The van der Waals surface area contributed by atoms with Gasteiger partial charge in [0, 0.05) is 24.2 Å². The number of fused-ring (bicyclic) bond motifs is 1. The van der Waals surface area contributed by atoms with Crippen molar-refractivity contribution in [3.8, 4) is 0 Å². The maximum absolute atomic E-state index is 12.5. The van der Waals surface area contributed by atoms with E-state index in [1.54, 1.807) is 0 Å². The Morgan fingerprint density at radius 3 is 3.00 bits per heavy atom. The molecule has 3 rings (SSSR count). The van der Waals surface area contributed by atoms with Gasteiger partial charge in [0.15, 0.2) is 0 Å². The highest BCUT2D eigenvalue weighted by Crippen LogP contribution is 2.23. The van der Waals surface area contributed by atoms with Gasteiger partial charge < -0.3 is 15.0 Å². The van der Waals surface area contributed by atoms with Gasteiger partial charge in [-0.3, -0.25) is 4.68 Å². The summed E-state index contributed by atoms with van der Waals surface area (Å²) in [5.74, 6) is 0. The molecule has 1 aliphatic heterocycles.